The highest BCUT2D eigenvalue weighted by Crippen LogP contribution is 2.38. The number of likely N-dealkylation sites (N-methyl/N-ethyl adjacent to an activating group) is 1. The molecular formula is C66H117N2O7P. The molecule has 9 nitrogen and oxygen atoms in total. The van der Waals surface area contributed by atoms with Crippen molar-refractivity contribution in [1.82, 2.24) is 5.32 Å². The number of hydrogen-bond acceptors (Lipinski definition) is 7. The number of quaternary nitrogens is 1. The molecule has 0 aliphatic rings. The summed E-state index contributed by atoms with van der Waals surface area (Å²) in [5.74, 6) is -0.575. The van der Waals surface area contributed by atoms with Crippen LogP contribution in [0.3, 0.4) is 0 Å². The van der Waals surface area contributed by atoms with Gasteiger partial charge < -0.3 is 28.5 Å². The van der Waals surface area contributed by atoms with Crippen LogP contribution in [-0.2, 0) is 27.9 Å². The van der Waals surface area contributed by atoms with Gasteiger partial charge in [0.1, 0.15) is 19.3 Å². The minimum Gasteiger partial charge on any atom is -0.756 e. The molecule has 0 aliphatic carbocycles. The zero-order chi connectivity index (χ0) is 55.7. The first-order chi connectivity index (χ1) is 36.9. The summed E-state index contributed by atoms with van der Waals surface area (Å²) in [5.41, 5.74) is 0. The van der Waals surface area contributed by atoms with Crippen molar-refractivity contribution in [2.45, 2.75) is 270 Å². The van der Waals surface area contributed by atoms with Crippen LogP contribution in [0.2, 0.25) is 0 Å². The van der Waals surface area contributed by atoms with Crippen molar-refractivity contribution in [2.75, 3.05) is 40.9 Å². The Morgan fingerprint density at radius 1 is 0.487 bits per heavy atom. The highest BCUT2D eigenvalue weighted by atomic mass is 31.2. The molecule has 76 heavy (non-hydrogen) atoms. The predicted octanol–water partition coefficient (Wildman–Crippen LogP) is 18.5. The zero-order valence-electron chi connectivity index (χ0n) is 49.9. The van der Waals surface area contributed by atoms with Gasteiger partial charge >= 0.3 is 5.97 Å². The van der Waals surface area contributed by atoms with Crippen LogP contribution in [0.25, 0.3) is 0 Å². The van der Waals surface area contributed by atoms with Crippen molar-refractivity contribution in [2.24, 2.45) is 0 Å². The third kappa shape index (κ3) is 55.7. The second-order valence-corrected chi connectivity index (χ2v) is 23.3. The van der Waals surface area contributed by atoms with E-state index >= 15 is 0 Å². The van der Waals surface area contributed by atoms with Crippen LogP contribution in [0.15, 0.2) is 97.2 Å². The summed E-state index contributed by atoms with van der Waals surface area (Å²) < 4.78 is 30.3. The van der Waals surface area contributed by atoms with E-state index in [0.717, 1.165) is 109 Å². The topological polar surface area (TPSA) is 114 Å². The molecule has 0 rings (SSSR count). The molecule has 0 fully saturated rings. The van der Waals surface area contributed by atoms with E-state index in [0.29, 0.717) is 17.4 Å². The van der Waals surface area contributed by atoms with Gasteiger partial charge in [-0.15, -0.1) is 0 Å². The minimum atomic E-state index is -4.71. The molecule has 0 saturated heterocycles. The summed E-state index contributed by atoms with van der Waals surface area (Å²) in [6.45, 7) is 6.65. The fourth-order valence-electron chi connectivity index (χ4n) is 8.50. The number of phosphoric acid groups is 1. The van der Waals surface area contributed by atoms with Gasteiger partial charge in [0.05, 0.1) is 33.8 Å². The van der Waals surface area contributed by atoms with Crippen LogP contribution in [0.1, 0.15) is 258 Å². The van der Waals surface area contributed by atoms with Crippen molar-refractivity contribution >= 4 is 19.7 Å². The highest BCUT2D eigenvalue weighted by molar-refractivity contribution is 7.45. The second-order valence-electron chi connectivity index (χ2n) is 21.9. The molecule has 10 heteroatoms. The van der Waals surface area contributed by atoms with Gasteiger partial charge in [0.25, 0.3) is 7.82 Å². The first kappa shape index (κ1) is 72.9. The molecule has 0 saturated carbocycles. The van der Waals surface area contributed by atoms with E-state index in [1.165, 1.54) is 109 Å². The summed E-state index contributed by atoms with van der Waals surface area (Å²) >= 11 is 0. The quantitative estimate of drug-likeness (QED) is 0.0161. The summed E-state index contributed by atoms with van der Waals surface area (Å²) in [6.07, 6.45) is 73.8. The Morgan fingerprint density at radius 2 is 0.895 bits per heavy atom. The lowest BCUT2D eigenvalue weighted by Crippen LogP contribution is -2.47. The molecule has 1 amide bonds. The van der Waals surface area contributed by atoms with Crippen LogP contribution in [0.5, 0.6) is 0 Å². The average molecular weight is 1080 g/mol. The molecule has 0 aromatic rings. The summed E-state index contributed by atoms with van der Waals surface area (Å²) in [7, 11) is 1.15. The number of nitrogens with one attached hydrogen (secondary N) is 1. The van der Waals surface area contributed by atoms with Gasteiger partial charge in [-0.3, -0.25) is 14.2 Å². The Morgan fingerprint density at radius 3 is 1.39 bits per heavy atom. The first-order valence-electron chi connectivity index (χ1n) is 31.1. The Kier molecular flexibility index (Phi) is 53.0. The molecule has 0 heterocycles. The molecule has 0 aromatic heterocycles. The lowest BCUT2D eigenvalue weighted by Gasteiger charge is -2.30. The standard InChI is InChI=1S/C66H117N2O7P/c1-7-10-13-16-19-22-25-28-29-30-31-32-33-34-35-36-37-38-39-41-44-47-50-53-56-59-66(70)75-64(57-54-51-48-45-42-27-24-21-18-15-12-9-3)63(62-74-76(71,72)73-61-60-68(4,5)6)67-65(69)58-55-52-49-46-43-40-26-23-20-17-14-11-8-2/h11,14,17,19-20,22-23,26,28-29,31-32,34-35,54,57,63-64H,7-10,12-13,15-16,18,21,24-25,27,30,33,36-53,55-56,58-62H2,1-6H3,(H-,67,69,71,72)/b14-11+,20-17+,22-19-,26-23-,29-28-,32-31-,35-34-,57-54-. The summed E-state index contributed by atoms with van der Waals surface area (Å²) in [5, 5.41) is 3.01. The fraction of sp³-hybridized carbons (Fsp3) is 0.727. The molecule has 3 unspecified atom stereocenters. The lowest BCUT2D eigenvalue weighted by atomic mass is 10.0. The number of esters is 1. The molecule has 1 N–H and O–H groups in total. The summed E-state index contributed by atoms with van der Waals surface area (Å²) in [6, 6.07) is -0.906. The summed E-state index contributed by atoms with van der Waals surface area (Å²) in [4.78, 5) is 39.9. The number of amides is 1. The minimum absolute atomic E-state index is 0.0320. The average Bonchev–Trinajstić information content (AvgIpc) is 3.38. The van der Waals surface area contributed by atoms with E-state index in [1.807, 2.05) is 39.4 Å². The number of hydrogen-bond donors (Lipinski definition) is 1. The largest absolute Gasteiger partial charge is 0.756 e. The number of rotatable bonds is 55. The van der Waals surface area contributed by atoms with Gasteiger partial charge in [-0.1, -0.05) is 247 Å². The monoisotopic (exact) mass is 1080 g/mol. The van der Waals surface area contributed by atoms with E-state index in [4.69, 9.17) is 13.8 Å². The number of allylic oxidation sites excluding steroid dienone is 15. The van der Waals surface area contributed by atoms with Gasteiger partial charge in [-0.05, 0) is 96.0 Å². The number of carbonyl (C=O) groups is 2. The van der Waals surface area contributed by atoms with Crippen LogP contribution >= 0.6 is 7.82 Å². The molecule has 0 spiro atoms. The van der Waals surface area contributed by atoms with Crippen molar-refractivity contribution in [1.29, 1.82) is 0 Å². The molecule has 0 bridgehead atoms. The molecule has 0 aromatic carbocycles. The van der Waals surface area contributed by atoms with E-state index < -0.39 is 26.6 Å². The second kappa shape index (κ2) is 55.3. The van der Waals surface area contributed by atoms with E-state index in [1.54, 1.807) is 0 Å². The Balaban J connectivity index is 5.18. The SMILES string of the molecule is CC/C=C/C=C/C=C\CCCCCCCC(=O)NC(COP(=O)([O-])OCC[N+](C)(C)C)C(/C=C\CCCCCCCCCCCC)OC(=O)CCCCCCCCCCC/C=C\C/C=C\C/C=C\C/C=C\CCCCC. The normalized spacial score (nSPS) is 14.4. The van der Waals surface area contributed by atoms with Gasteiger partial charge in [0, 0.05) is 12.8 Å². The fourth-order valence-corrected chi connectivity index (χ4v) is 9.23. The maximum Gasteiger partial charge on any atom is 0.306 e. The molecule has 0 radical (unpaired) electrons. The maximum absolute atomic E-state index is 13.5. The smallest absolute Gasteiger partial charge is 0.306 e. The third-order valence-corrected chi connectivity index (χ3v) is 14.3. The lowest BCUT2D eigenvalue weighted by molar-refractivity contribution is -0.870. The molecule has 0 aliphatic heterocycles. The van der Waals surface area contributed by atoms with Crippen LogP contribution in [0.4, 0.5) is 0 Å². The van der Waals surface area contributed by atoms with Gasteiger partial charge in [-0.25, -0.2) is 0 Å². The van der Waals surface area contributed by atoms with Gasteiger partial charge in [0.2, 0.25) is 5.91 Å². The Hall–Kier alpha value is -3.07. The number of carbonyl (C=O) groups excluding carboxylic acids is 2. The van der Waals surface area contributed by atoms with Crippen LogP contribution in [0, 0.1) is 0 Å². The Labute approximate surface area is 468 Å². The first-order valence-corrected chi connectivity index (χ1v) is 32.5. The zero-order valence-corrected chi connectivity index (χ0v) is 50.8. The molecular weight excluding hydrogens is 964 g/mol. The van der Waals surface area contributed by atoms with E-state index in [2.05, 4.69) is 105 Å². The predicted molar refractivity (Wildman–Crippen MR) is 325 cm³/mol. The number of phosphoric ester groups is 1. The van der Waals surface area contributed by atoms with E-state index in [9.17, 15) is 19.0 Å². The van der Waals surface area contributed by atoms with Crippen LogP contribution in [-0.4, -0.2) is 69.4 Å². The van der Waals surface area contributed by atoms with Crippen LogP contribution < -0.4 is 10.2 Å². The van der Waals surface area contributed by atoms with Crippen molar-refractivity contribution in [3.8, 4) is 0 Å². The molecule has 3 atom stereocenters. The van der Waals surface area contributed by atoms with Crippen molar-refractivity contribution in [3.63, 3.8) is 0 Å². The highest BCUT2D eigenvalue weighted by Gasteiger charge is 2.27. The van der Waals surface area contributed by atoms with Crippen molar-refractivity contribution < 1.29 is 37.3 Å². The molecule has 438 valence electrons. The number of nitrogens with zero attached hydrogens (tertiary/aromatic N) is 1. The number of ether oxygens (including phenoxy) is 1. The van der Waals surface area contributed by atoms with Crippen molar-refractivity contribution in [3.05, 3.63) is 97.2 Å². The maximum atomic E-state index is 13.5. The van der Waals surface area contributed by atoms with Gasteiger partial charge in [-0.2, -0.15) is 0 Å². The number of unbranched alkanes of at least 4 members (excludes halogenated alkanes) is 27. The third-order valence-electron chi connectivity index (χ3n) is 13.3. The Bertz CT molecular complexity index is 1620. The van der Waals surface area contributed by atoms with E-state index in [-0.39, 0.29) is 31.3 Å². The van der Waals surface area contributed by atoms with Gasteiger partial charge in [0.15, 0.2) is 0 Å².